The predicted molar refractivity (Wildman–Crippen MR) is 146 cm³/mol. The number of hydrogen-bond donors (Lipinski definition) is 4. The molecule has 0 atom stereocenters. The summed E-state index contributed by atoms with van der Waals surface area (Å²) < 4.78 is 34.0. The molecule has 2 aromatic heterocycles. The molecular weight excluding hydrogens is 528 g/mol. The lowest BCUT2D eigenvalue weighted by molar-refractivity contribution is 0.109. The van der Waals surface area contributed by atoms with E-state index >= 15 is 0 Å². The van der Waals surface area contributed by atoms with Crippen LogP contribution in [0, 0.1) is 0 Å². The summed E-state index contributed by atoms with van der Waals surface area (Å²) in [5, 5.41) is 13.2. The van der Waals surface area contributed by atoms with Crippen molar-refractivity contribution in [3.8, 4) is 10.4 Å². The van der Waals surface area contributed by atoms with E-state index in [1.54, 1.807) is 31.3 Å². The molecule has 204 valence electrons. The van der Waals surface area contributed by atoms with Gasteiger partial charge in [0.15, 0.2) is 5.82 Å². The summed E-state index contributed by atoms with van der Waals surface area (Å²) in [6.45, 7) is 5.61. The molecule has 13 heteroatoms. The van der Waals surface area contributed by atoms with Gasteiger partial charge in [-0.15, -0.1) is 11.3 Å². The molecule has 0 spiro atoms. The van der Waals surface area contributed by atoms with Crippen LogP contribution in [0.2, 0.25) is 0 Å². The maximum Gasteiger partial charge on any atom is 0.407 e. The lowest BCUT2D eigenvalue weighted by Gasteiger charge is -2.28. The van der Waals surface area contributed by atoms with Crippen molar-refractivity contribution in [1.29, 1.82) is 0 Å². The van der Waals surface area contributed by atoms with E-state index in [1.807, 2.05) is 13.8 Å². The van der Waals surface area contributed by atoms with E-state index in [9.17, 15) is 18.0 Å². The fraction of sp³-hybridized carbons (Fsp3) is 0.440. The Labute approximate surface area is 225 Å². The van der Waals surface area contributed by atoms with E-state index < -0.39 is 10.0 Å². The number of amides is 1. The van der Waals surface area contributed by atoms with Gasteiger partial charge in [0.05, 0.1) is 20.9 Å². The molecule has 0 saturated heterocycles. The molecule has 0 bridgehead atoms. The average Bonchev–Trinajstić information content (AvgIpc) is 3.35. The molecule has 4 rings (SSSR count). The highest BCUT2D eigenvalue weighted by Gasteiger charge is 2.27. The van der Waals surface area contributed by atoms with Gasteiger partial charge in [-0.05, 0) is 57.7 Å². The molecule has 1 fully saturated rings. The molecule has 38 heavy (non-hydrogen) atoms. The van der Waals surface area contributed by atoms with E-state index in [1.165, 1.54) is 23.5 Å². The standard InChI is InChI=1S/C25H32N6O5S2/c1-4-27-38(34,35)21-13-18(28-22-11-12-23(32)31-30-22)9-10-19(21)20-14-26-24(37-20)16-5-7-17(8-6-16)29-25(33)36-15(2)3/h9-17,27H,4-8H2,1-3H3,(H,28,30)(H,29,33)(H,31,32)/t16-,17-. The highest BCUT2D eigenvalue weighted by Crippen LogP contribution is 2.40. The lowest BCUT2D eigenvalue weighted by atomic mass is 9.86. The zero-order valence-corrected chi connectivity index (χ0v) is 23.1. The van der Waals surface area contributed by atoms with Gasteiger partial charge in [-0.25, -0.2) is 28.0 Å². The first kappa shape index (κ1) is 27.7. The normalized spacial score (nSPS) is 17.8. The third-order valence-corrected chi connectivity index (χ3v) is 8.87. The summed E-state index contributed by atoms with van der Waals surface area (Å²) in [6.07, 6.45) is 4.57. The number of rotatable bonds is 9. The number of hydrogen-bond acceptors (Lipinski definition) is 9. The van der Waals surface area contributed by atoms with Crippen LogP contribution in [-0.2, 0) is 14.8 Å². The Balaban J connectivity index is 1.52. The van der Waals surface area contributed by atoms with E-state index in [-0.39, 0.29) is 41.2 Å². The number of carbonyl (C=O) groups is 1. The zero-order valence-electron chi connectivity index (χ0n) is 21.5. The Morgan fingerprint density at radius 2 is 1.95 bits per heavy atom. The number of aromatic nitrogens is 3. The number of sulfonamides is 1. The molecule has 4 N–H and O–H groups in total. The Bertz CT molecular complexity index is 1410. The fourth-order valence-corrected chi connectivity index (χ4v) is 6.83. The van der Waals surface area contributed by atoms with Gasteiger partial charge in [-0.3, -0.25) is 4.79 Å². The van der Waals surface area contributed by atoms with E-state index in [4.69, 9.17) is 4.74 Å². The summed E-state index contributed by atoms with van der Waals surface area (Å²) in [4.78, 5) is 28.7. The van der Waals surface area contributed by atoms with Gasteiger partial charge in [0.2, 0.25) is 10.0 Å². The molecule has 1 aromatic carbocycles. The molecule has 1 aliphatic rings. The number of alkyl carbamates (subject to hydrolysis) is 1. The quantitative estimate of drug-likeness (QED) is 0.305. The summed E-state index contributed by atoms with van der Waals surface area (Å²) >= 11 is 1.49. The number of anilines is 2. The number of nitrogens with one attached hydrogen (secondary N) is 4. The summed E-state index contributed by atoms with van der Waals surface area (Å²) in [7, 11) is -3.80. The highest BCUT2D eigenvalue weighted by atomic mass is 32.2. The van der Waals surface area contributed by atoms with E-state index in [0.717, 1.165) is 35.6 Å². The second-order valence-corrected chi connectivity index (χ2v) is 12.2. The highest BCUT2D eigenvalue weighted by molar-refractivity contribution is 7.89. The van der Waals surface area contributed by atoms with Gasteiger partial charge < -0.3 is 15.4 Å². The maximum atomic E-state index is 13.1. The summed E-state index contributed by atoms with van der Waals surface area (Å²) in [6, 6.07) is 7.98. The van der Waals surface area contributed by atoms with Crippen LogP contribution in [0.15, 0.2) is 46.2 Å². The molecule has 0 unspecified atom stereocenters. The van der Waals surface area contributed by atoms with Gasteiger partial charge in [0, 0.05) is 42.0 Å². The largest absolute Gasteiger partial charge is 0.447 e. The van der Waals surface area contributed by atoms with Crippen molar-refractivity contribution in [3.63, 3.8) is 0 Å². The Morgan fingerprint density at radius 1 is 1.18 bits per heavy atom. The third-order valence-electron chi connectivity index (χ3n) is 6.09. The predicted octanol–water partition coefficient (Wildman–Crippen LogP) is 4.10. The molecule has 11 nitrogen and oxygen atoms in total. The van der Waals surface area contributed by atoms with Crippen molar-refractivity contribution >= 4 is 39.0 Å². The zero-order chi connectivity index (χ0) is 27.3. The first-order valence-electron chi connectivity index (χ1n) is 12.5. The minimum atomic E-state index is -3.80. The number of ether oxygens (including phenoxy) is 1. The minimum Gasteiger partial charge on any atom is -0.447 e. The Hall–Kier alpha value is -3.29. The average molecular weight is 561 g/mol. The van der Waals surface area contributed by atoms with Crippen LogP contribution < -0.4 is 20.9 Å². The number of H-pyrrole nitrogens is 1. The fourth-order valence-electron chi connectivity index (χ4n) is 4.36. The molecule has 1 saturated carbocycles. The first-order valence-corrected chi connectivity index (χ1v) is 14.8. The first-order chi connectivity index (χ1) is 18.1. The van der Waals surface area contributed by atoms with Gasteiger partial charge >= 0.3 is 6.09 Å². The molecule has 3 aromatic rings. The van der Waals surface area contributed by atoms with Crippen LogP contribution in [0.5, 0.6) is 0 Å². The molecule has 1 amide bonds. The molecule has 0 aliphatic heterocycles. The number of benzene rings is 1. The van der Waals surface area contributed by atoms with Gasteiger partial charge in [0.1, 0.15) is 0 Å². The van der Waals surface area contributed by atoms with Gasteiger partial charge in [-0.2, -0.15) is 5.10 Å². The van der Waals surface area contributed by atoms with Crippen molar-refractivity contribution in [2.45, 2.75) is 69.4 Å². The van der Waals surface area contributed by atoms with Crippen LogP contribution in [0.1, 0.15) is 57.4 Å². The monoisotopic (exact) mass is 560 g/mol. The molecule has 2 heterocycles. The van der Waals surface area contributed by atoms with Crippen molar-refractivity contribution < 1.29 is 17.9 Å². The van der Waals surface area contributed by atoms with Gasteiger partial charge in [0.25, 0.3) is 5.56 Å². The van der Waals surface area contributed by atoms with E-state index in [0.29, 0.717) is 17.1 Å². The molecular formula is C25H32N6O5S2. The maximum absolute atomic E-state index is 13.1. The minimum absolute atomic E-state index is 0.0748. The third kappa shape index (κ3) is 6.97. The van der Waals surface area contributed by atoms with Crippen molar-refractivity contribution in [1.82, 2.24) is 25.2 Å². The topological polar surface area (TPSA) is 155 Å². The Morgan fingerprint density at radius 3 is 2.61 bits per heavy atom. The second kappa shape index (κ2) is 12.0. The van der Waals surface area contributed by atoms with Crippen LogP contribution >= 0.6 is 11.3 Å². The summed E-state index contributed by atoms with van der Waals surface area (Å²) in [5.74, 6) is 0.626. The van der Waals surface area contributed by atoms with Crippen molar-refractivity contribution in [2.24, 2.45) is 0 Å². The Kier molecular flexibility index (Phi) is 8.80. The molecule has 0 radical (unpaired) electrons. The lowest BCUT2D eigenvalue weighted by Crippen LogP contribution is -2.38. The smallest absolute Gasteiger partial charge is 0.407 e. The van der Waals surface area contributed by atoms with Crippen molar-refractivity contribution in [2.75, 3.05) is 11.9 Å². The number of thiazole rings is 1. The molecule has 1 aliphatic carbocycles. The van der Waals surface area contributed by atoms with Gasteiger partial charge in [-0.1, -0.05) is 13.0 Å². The number of carbonyl (C=O) groups excluding carboxylic acids is 1. The van der Waals surface area contributed by atoms with Crippen molar-refractivity contribution in [3.05, 3.63) is 51.9 Å². The van der Waals surface area contributed by atoms with Crippen LogP contribution in [-0.4, -0.2) is 48.4 Å². The SMILES string of the molecule is CCNS(=O)(=O)c1cc(Nc2ccc(=O)[nH]n2)ccc1-c1cnc([C@H]2CC[C@H](NC(=O)OC(C)C)CC2)s1. The van der Waals surface area contributed by atoms with Crippen LogP contribution in [0.25, 0.3) is 10.4 Å². The number of aromatic amines is 1. The van der Waals surface area contributed by atoms with E-state index in [2.05, 4.69) is 30.5 Å². The van der Waals surface area contributed by atoms with Crippen LogP contribution in [0.3, 0.4) is 0 Å². The number of nitrogens with zero attached hydrogens (tertiary/aromatic N) is 2. The second-order valence-electron chi connectivity index (χ2n) is 9.35. The van der Waals surface area contributed by atoms with Crippen LogP contribution in [0.4, 0.5) is 16.3 Å². The summed E-state index contributed by atoms with van der Waals surface area (Å²) in [5.41, 5.74) is 0.735.